The number of hydrogen-bond donors (Lipinski definition) is 3. The second-order valence-corrected chi connectivity index (χ2v) is 4.62. The van der Waals surface area contributed by atoms with Crippen LogP contribution in [0.5, 0.6) is 0 Å². The van der Waals surface area contributed by atoms with Crippen LogP contribution in [0, 0.1) is 5.92 Å². The van der Waals surface area contributed by atoms with Gasteiger partial charge in [0.25, 0.3) is 0 Å². The molecule has 2 unspecified atom stereocenters. The smallest absolute Gasteiger partial charge is 0.396 e. The lowest BCUT2D eigenvalue weighted by molar-refractivity contribution is -0.129. The minimum Gasteiger partial charge on any atom is -0.396 e. The lowest BCUT2D eigenvalue weighted by Gasteiger charge is -2.30. The molecule has 4 nitrogen and oxygen atoms in total. The summed E-state index contributed by atoms with van der Waals surface area (Å²) in [6.07, 6.45) is -0.701. The van der Waals surface area contributed by atoms with Gasteiger partial charge in [-0.2, -0.15) is 13.2 Å². The zero-order chi connectivity index (χ0) is 13.6. The molecule has 18 heavy (non-hydrogen) atoms. The topological polar surface area (TPSA) is 61.4 Å². The Morgan fingerprint density at radius 1 is 1.28 bits per heavy atom. The number of carbonyl (C=O) groups excluding carboxylic acids is 1. The molecule has 1 aliphatic carbocycles. The molecular weight excluding hydrogens is 249 g/mol. The van der Waals surface area contributed by atoms with E-state index in [1.165, 1.54) is 0 Å². The van der Waals surface area contributed by atoms with Crippen LogP contribution in [0.25, 0.3) is 0 Å². The first kappa shape index (κ1) is 15.2. The first-order chi connectivity index (χ1) is 8.42. The standard InChI is InChI=1S/C11H19F3N2O2/c12-11(13,14)7-15-5-10(18)16-9-4-2-1-3-8(9)6-17/h8-9,15,17H,1-7H2,(H,16,18). The van der Waals surface area contributed by atoms with Crippen molar-refractivity contribution in [3.05, 3.63) is 0 Å². The van der Waals surface area contributed by atoms with Crippen molar-refractivity contribution < 1.29 is 23.1 Å². The molecule has 2 atom stereocenters. The molecule has 0 bridgehead atoms. The van der Waals surface area contributed by atoms with Crippen LogP contribution >= 0.6 is 0 Å². The highest BCUT2D eigenvalue weighted by atomic mass is 19.4. The maximum atomic E-state index is 11.9. The predicted octanol–water partition coefficient (Wildman–Crippen LogP) is 0.806. The molecule has 0 spiro atoms. The van der Waals surface area contributed by atoms with Crippen molar-refractivity contribution in [2.24, 2.45) is 5.92 Å². The van der Waals surface area contributed by atoms with Crippen molar-refractivity contribution in [3.63, 3.8) is 0 Å². The Hall–Kier alpha value is -0.820. The molecular formula is C11H19F3N2O2. The van der Waals surface area contributed by atoms with Gasteiger partial charge >= 0.3 is 6.18 Å². The average molecular weight is 268 g/mol. The highest BCUT2D eigenvalue weighted by molar-refractivity contribution is 5.78. The molecule has 0 aromatic carbocycles. The molecule has 1 rings (SSSR count). The van der Waals surface area contributed by atoms with Crippen molar-refractivity contribution in [3.8, 4) is 0 Å². The summed E-state index contributed by atoms with van der Waals surface area (Å²) in [4.78, 5) is 11.4. The average Bonchev–Trinajstić information content (AvgIpc) is 2.28. The third-order valence-corrected chi connectivity index (χ3v) is 3.10. The van der Waals surface area contributed by atoms with E-state index < -0.39 is 18.6 Å². The molecule has 1 saturated carbocycles. The summed E-state index contributed by atoms with van der Waals surface area (Å²) in [5.41, 5.74) is 0. The second kappa shape index (κ2) is 6.94. The van der Waals surface area contributed by atoms with Gasteiger partial charge < -0.3 is 15.7 Å². The maximum Gasteiger partial charge on any atom is 0.401 e. The molecule has 106 valence electrons. The van der Waals surface area contributed by atoms with Gasteiger partial charge in [0.1, 0.15) is 0 Å². The largest absolute Gasteiger partial charge is 0.401 e. The van der Waals surface area contributed by atoms with Crippen molar-refractivity contribution in [1.82, 2.24) is 10.6 Å². The molecule has 0 radical (unpaired) electrons. The molecule has 7 heteroatoms. The van der Waals surface area contributed by atoms with E-state index >= 15 is 0 Å². The third kappa shape index (κ3) is 5.68. The summed E-state index contributed by atoms with van der Waals surface area (Å²) in [7, 11) is 0. The molecule has 1 amide bonds. The van der Waals surface area contributed by atoms with E-state index in [1.807, 2.05) is 5.32 Å². The van der Waals surface area contributed by atoms with E-state index in [0.717, 1.165) is 25.7 Å². The quantitative estimate of drug-likeness (QED) is 0.691. The molecule has 1 aliphatic rings. The Bertz CT molecular complexity index is 272. The normalized spacial score (nSPS) is 24.9. The zero-order valence-corrected chi connectivity index (χ0v) is 10.1. The Labute approximate surface area is 104 Å². The molecule has 0 heterocycles. The molecule has 0 aliphatic heterocycles. The number of hydrogen-bond acceptors (Lipinski definition) is 3. The Morgan fingerprint density at radius 2 is 1.94 bits per heavy atom. The van der Waals surface area contributed by atoms with Gasteiger partial charge in [-0.15, -0.1) is 0 Å². The summed E-state index contributed by atoms with van der Waals surface area (Å²) in [5, 5.41) is 13.9. The first-order valence-electron chi connectivity index (χ1n) is 6.10. The van der Waals surface area contributed by atoms with Crippen LogP contribution in [-0.2, 0) is 4.79 Å². The van der Waals surface area contributed by atoms with Crippen LogP contribution < -0.4 is 10.6 Å². The van der Waals surface area contributed by atoms with E-state index in [0.29, 0.717) is 0 Å². The number of alkyl halides is 3. The number of aliphatic hydroxyl groups excluding tert-OH is 1. The van der Waals surface area contributed by atoms with Gasteiger partial charge in [0.05, 0.1) is 13.1 Å². The predicted molar refractivity (Wildman–Crippen MR) is 59.9 cm³/mol. The molecule has 1 fully saturated rings. The molecule has 3 N–H and O–H groups in total. The van der Waals surface area contributed by atoms with E-state index in [4.69, 9.17) is 5.11 Å². The first-order valence-corrected chi connectivity index (χ1v) is 6.10. The monoisotopic (exact) mass is 268 g/mol. The molecule has 0 aromatic rings. The van der Waals surface area contributed by atoms with Gasteiger partial charge in [-0.05, 0) is 12.8 Å². The summed E-state index contributed by atoms with van der Waals surface area (Å²) < 4.78 is 35.6. The third-order valence-electron chi connectivity index (χ3n) is 3.10. The van der Waals surface area contributed by atoms with Gasteiger partial charge in [0, 0.05) is 18.6 Å². The molecule has 0 saturated heterocycles. The van der Waals surface area contributed by atoms with Crippen LogP contribution in [0.1, 0.15) is 25.7 Å². The Kier molecular flexibility index (Phi) is 5.87. The van der Waals surface area contributed by atoms with E-state index in [-0.39, 0.29) is 25.1 Å². The van der Waals surface area contributed by atoms with E-state index in [9.17, 15) is 18.0 Å². The lowest BCUT2D eigenvalue weighted by Crippen LogP contribution is -2.47. The molecule has 0 aromatic heterocycles. The fourth-order valence-electron chi connectivity index (χ4n) is 2.19. The van der Waals surface area contributed by atoms with Crippen LogP contribution in [0.4, 0.5) is 13.2 Å². The Balaban J connectivity index is 2.26. The van der Waals surface area contributed by atoms with E-state index in [2.05, 4.69) is 5.32 Å². The number of amides is 1. The number of nitrogens with one attached hydrogen (secondary N) is 2. The van der Waals surface area contributed by atoms with Gasteiger partial charge in [-0.25, -0.2) is 0 Å². The van der Waals surface area contributed by atoms with Crippen LogP contribution in [-0.4, -0.2) is 42.9 Å². The van der Waals surface area contributed by atoms with Crippen molar-refractivity contribution >= 4 is 5.91 Å². The van der Waals surface area contributed by atoms with Crippen molar-refractivity contribution in [1.29, 1.82) is 0 Å². The minimum absolute atomic E-state index is 0.000919. The van der Waals surface area contributed by atoms with Gasteiger partial charge in [0.2, 0.25) is 5.91 Å². The summed E-state index contributed by atoms with van der Waals surface area (Å²) in [5.74, 6) is -0.435. The van der Waals surface area contributed by atoms with Crippen LogP contribution in [0.3, 0.4) is 0 Å². The van der Waals surface area contributed by atoms with Gasteiger partial charge in [-0.1, -0.05) is 12.8 Å². The highest BCUT2D eigenvalue weighted by Gasteiger charge is 2.28. The van der Waals surface area contributed by atoms with Gasteiger partial charge in [-0.3, -0.25) is 4.79 Å². The van der Waals surface area contributed by atoms with Crippen LogP contribution in [0.15, 0.2) is 0 Å². The maximum absolute atomic E-state index is 11.9. The summed E-state index contributed by atoms with van der Waals surface area (Å²) >= 11 is 0. The van der Waals surface area contributed by atoms with Crippen molar-refractivity contribution in [2.75, 3.05) is 19.7 Å². The summed E-state index contributed by atoms with van der Waals surface area (Å²) in [6.45, 7) is -1.52. The van der Waals surface area contributed by atoms with Crippen molar-refractivity contribution in [2.45, 2.75) is 37.9 Å². The number of carbonyl (C=O) groups is 1. The lowest BCUT2D eigenvalue weighted by atomic mass is 9.85. The fourth-order valence-corrected chi connectivity index (χ4v) is 2.19. The number of aliphatic hydroxyl groups is 1. The highest BCUT2D eigenvalue weighted by Crippen LogP contribution is 2.23. The minimum atomic E-state index is -4.31. The summed E-state index contributed by atoms with van der Waals surface area (Å²) in [6, 6.07) is -0.121. The SMILES string of the molecule is O=C(CNCC(F)(F)F)NC1CCCCC1CO. The van der Waals surface area contributed by atoms with Gasteiger partial charge in [0.15, 0.2) is 0 Å². The second-order valence-electron chi connectivity index (χ2n) is 4.62. The van der Waals surface area contributed by atoms with E-state index in [1.54, 1.807) is 0 Å². The Morgan fingerprint density at radius 3 is 2.56 bits per heavy atom. The zero-order valence-electron chi connectivity index (χ0n) is 10.1. The number of halogens is 3. The fraction of sp³-hybridized carbons (Fsp3) is 0.909. The number of rotatable bonds is 5. The van der Waals surface area contributed by atoms with Crippen LogP contribution in [0.2, 0.25) is 0 Å².